The first-order chi connectivity index (χ1) is 13.4. The number of hydrogen-bond acceptors (Lipinski definition) is 3. The second-order valence-electron chi connectivity index (χ2n) is 6.34. The Bertz CT molecular complexity index is 781. The number of rotatable bonds is 9. The van der Waals surface area contributed by atoms with E-state index in [0.29, 0.717) is 23.8 Å². The van der Waals surface area contributed by atoms with Gasteiger partial charge < -0.3 is 15.0 Å². The highest BCUT2D eigenvalue weighted by atomic mass is 35.5. The molecule has 2 amide bonds. The van der Waals surface area contributed by atoms with Crippen molar-refractivity contribution < 1.29 is 18.7 Å². The van der Waals surface area contributed by atoms with Crippen LogP contribution in [-0.2, 0) is 16.1 Å². The fourth-order valence-corrected chi connectivity index (χ4v) is 2.79. The van der Waals surface area contributed by atoms with Crippen molar-refractivity contribution in [2.45, 2.75) is 32.4 Å². The van der Waals surface area contributed by atoms with E-state index in [1.54, 1.807) is 43.3 Å². The van der Waals surface area contributed by atoms with Crippen LogP contribution < -0.4 is 10.1 Å². The number of amides is 2. The Balaban J connectivity index is 1.94. The van der Waals surface area contributed by atoms with E-state index in [0.717, 1.165) is 5.56 Å². The summed E-state index contributed by atoms with van der Waals surface area (Å²) in [4.78, 5) is 26.3. The Morgan fingerprint density at radius 3 is 2.39 bits per heavy atom. The van der Waals surface area contributed by atoms with Crippen molar-refractivity contribution in [3.8, 4) is 5.75 Å². The van der Waals surface area contributed by atoms with Gasteiger partial charge in [-0.05, 0) is 55.3 Å². The molecule has 7 heteroatoms. The zero-order valence-electron chi connectivity index (χ0n) is 16.0. The maximum atomic E-state index is 13.1. The highest BCUT2D eigenvalue weighted by Crippen LogP contribution is 2.16. The van der Waals surface area contributed by atoms with Crippen LogP contribution in [-0.4, -0.2) is 36.4 Å². The van der Waals surface area contributed by atoms with Crippen LogP contribution in [0.2, 0.25) is 5.02 Å². The Morgan fingerprint density at radius 2 is 1.79 bits per heavy atom. The molecule has 0 spiro atoms. The first-order valence-electron chi connectivity index (χ1n) is 9.04. The minimum absolute atomic E-state index is 0.167. The molecule has 0 bridgehead atoms. The molecule has 0 aliphatic heterocycles. The monoisotopic (exact) mass is 406 g/mol. The summed E-state index contributed by atoms with van der Waals surface area (Å²) in [5.74, 6) is -0.0907. The average molecular weight is 407 g/mol. The molecular formula is C21H24ClFN2O3. The zero-order valence-corrected chi connectivity index (χ0v) is 16.7. The van der Waals surface area contributed by atoms with Gasteiger partial charge in [0, 0.05) is 25.0 Å². The van der Waals surface area contributed by atoms with Gasteiger partial charge in [-0.25, -0.2) is 4.39 Å². The van der Waals surface area contributed by atoms with E-state index in [1.165, 1.54) is 24.1 Å². The largest absolute Gasteiger partial charge is 0.494 e. The number of nitrogens with zero attached hydrogens (tertiary/aromatic N) is 1. The highest BCUT2D eigenvalue weighted by molar-refractivity contribution is 6.30. The summed E-state index contributed by atoms with van der Waals surface area (Å²) < 4.78 is 18.7. The molecule has 1 atom stereocenters. The van der Waals surface area contributed by atoms with Gasteiger partial charge in [-0.3, -0.25) is 9.59 Å². The van der Waals surface area contributed by atoms with Gasteiger partial charge in [0.25, 0.3) is 0 Å². The second-order valence-corrected chi connectivity index (χ2v) is 6.78. The number of hydrogen-bond donors (Lipinski definition) is 1. The highest BCUT2D eigenvalue weighted by Gasteiger charge is 2.25. The molecule has 0 saturated carbocycles. The molecular weight excluding hydrogens is 383 g/mol. The summed E-state index contributed by atoms with van der Waals surface area (Å²) >= 11 is 5.83. The molecule has 0 fully saturated rings. The normalized spacial score (nSPS) is 11.6. The Kier molecular flexibility index (Phi) is 8.26. The van der Waals surface area contributed by atoms with Crippen LogP contribution in [0, 0.1) is 5.82 Å². The van der Waals surface area contributed by atoms with Crippen molar-refractivity contribution in [2.75, 3.05) is 13.7 Å². The van der Waals surface area contributed by atoms with Gasteiger partial charge in [0.05, 0.1) is 6.61 Å². The van der Waals surface area contributed by atoms with E-state index in [2.05, 4.69) is 5.32 Å². The third kappa shape index (κ3) is 6.53. The van der Waals surface area contributed by atoms with Crippen molar-refractivity contribution in [3.05, 3.63) is 64.9 Å². The minimum Gasteiger partial charge on any atom is -0.494 e. The van der Waals surface area contributed by atoms with Gasteiger partial charge in [-0.15, -0.1) is 0 Å². The van der Waals surface area contributed by atoms with Crippen molar-refractivity contribution in [1.29, 1.82) is 0 Å². The van der Waals surface area contributed by atoms with Crippen molar-refractivity contribution in [1.82, 2.24) is 10.2 Å². The molecule has 28 heavy (non-hydrogen) atoms. The molecule has 0 aliphatic rings. The lowest BCUT2D eigenvalue weighted by atomic mass is 10.1. The lowest BCUT2D eigenvalue weighted by Gasteiger charge is -2.28. The Morgan fingerprint density at radius 1 is 1.14 bits per heavy atom. The average Bonchev–Trinajstić information content (AvgIpc) is 2.70. The fourth-order valence-electron chi connectivity index (χ4n) is 2.67. The van der Waals surface area contributed by atoms with Crippen LogP contribution >= 0.6 is 11.6 Å². The standard InChI is InChI=1S/C21H24ClFN2O3/c1-15(21(27)24-2)25(14-16-5-9-18(23)10-6-16)20(26)4-3-13-28-19-11-7-17(22)8-12-19/h5-12,15H,3-4,13-14H2,1-2H3,(H,24,27)/t15-/m1/s1. The third-order valence-electron chi connectivity index (χ3n) is 4.30. The molecule has 5 nitrogen and oxygen atoms in total. The fraction of sp³-hybridized carbons (Fsp3) is 0.333. The molecule has 0 saturated heterocycles. The summed E-state index contributed by atoms with van der Waals surface area (Å²) in [5, 5.41) is 3.19. The molecule has 2 rings (SSSR count). The molecule has 150 valence electrons. The first kappa shape index (κ1) is 21.7. The summed E-state index contributed by atoms with van der Waals surface area (Å²) in [6, 6.07) is 12.2. The maximum absolute atomic E-state index is 13.1. The van der Waals surface area contributed by atoms with Gasteiger partial charge >= 0.3 is 0 Å². The van der Waals surface area contributed by atoms with E-state index in [-0.39, 0.29) is 30.6 Å². The predicted molar refractivity (Wildman–Crippen MR) is 107 cm³/mol. The molecule has 0 heterocycles. The van der Waals surface area contributed by atoms with Crippen molar-refractivity contribution in [2.24, 2.45) is 0 Å². The van der Waals surface area contributed by atoms with Gasteiger partial charge in [0.15, 0.2) is 0 Å². The molecule has 0 aromatic heterocycles. The molecule has 0 aliphatic carbocycles. The number of nitrogens with one attached hydrogen (secondary N) is 1. The number of likely N-dealkylation sites (N-methyl/N-ethyl adjacent to an activating group) is 1. The number of benzene rings is 2. The van der Waals surface area contributed by atoms with Crippen LogP contribution in [0.1, 0.15) is 25.3 Å². The number of carbonyl (C=O) groups excluding carboxylic acids is 2. The van der Waals surface area contributed by atoms with E-state index >= 15 is 0 Å². The minimum atomic E-state index is -0.639. The maximum Gasteiger partial charge on any atom is 0.242 e. The summed E-state index contributed by atoms with van der Waals surface area (Å²) in [6.07, 6.45) is 0.734. The topological polar surface area (TPSA) is 58.6 Å². The SMILES string of the molecule is CNC(=O)[C@@H](C)N(Cc1ccc(F)cc1)C(=O)CCCOc1ccc(Cl)cc1. The number of halogens is 2. The summed E-state index contributed by atoms with van der Waals surface area (Å²) in [6.45, 7) is 2.27. The first-order valence-corrected chi connectivity index (χ1v) is 9.42. The third-order valence-corrected chi connectivity index (χ3v) is 4.55. The predicted octanol–water partition coefficient (Wildman–Crippen LogP) is 3.80. The number of carbonyl (C=O) groups is 2. The van der Waals surface area contributed by atoms with Crippen LogP contribution in [0.3, 0.4) is 0 Å². The molecule has 0 unspecified atom stereocenters. The summed E-state index contributed by atoms with van der Waals surface area (Å²) in [7, 11) is 1.53. The van der Waals surface area contributed by atoms with E-state index in [1.807, 2.05) is 0 Å². The van der Waals surface area contributed by atoms with Crippen LogP contribution in [0.25, 0.3) is 0 Å². The Labute approximate surface area is 169 Å². The Hall–Kier alpha value is -2.60. The molecule has 1 N–H and O–H groups in total. The van der Waals surface area contributed by atoms with Gasteiger partial charge in [-0.2, -0.15) is 0 Å². The van der Waals surface area contributed by atoms with Crippen LogP contribution in [0.15, 0.2) is 48.5 Å². The number of ether oxygens (including phenoxy) is 1. The van der Waals surface area contributed by atoms with Crippen molar-refractivity contribution in [3.63, 3.8) is 0 Å². The lowest BCUT2D eigenvalue weighted by molar-refractivity contribution is -0.140. The smallest absolute Gasteiger partial charge is 0.242 e. The molecule has 0 radical (unpaired) electrons. The van der Waals surface area contributed by atoms with Gasteiger partial charge in [-0.1, -0.05) is 23.7 Å². The van der Waals surface area contributed by atoms with Gasteiger partial charge in [0.2, 0.25) is 11.8 Å². The summed E-state index contributed by atoms with van der Waals surface area (Å²) in [5.41, 5.74) is 0.753. The van der Waals surface area contributed by atoms with E-state index < -0.39 is 6.04 Å². The van der Waals surface area contributed by atoms with E-state index in [9.17, 15) is 14.0 Å². The quantitative estimate of drug-likeness (QED) is 0.644. The second kappa shape index (κ2) is 10.7. The molecule has 2 aromatic rings. The van der Waals surface area contributed by atoms with Crippen LogP contribution in [0.5, 0.6) is 5.75 Å². The van der Waals surface area contributed by atoms with Crippen molar-refractivity contribution >= 4 is 23.4 Å². The van der Waals surface area contributed by atoms with Gasteiger partial charge in [0.1, 0.15) is 17.6 Å². The zero-order chi connectivity index (χ0) is 20.5. The van der Waals surface area contributed by atoms with Crippen LogP contribution in [0.4, 0.5) is 4.39 Å². The molecule has 2 aromatic carbocycles. The lowest BCUT2D eigenvalue weighted by Crippen LogP contribution is -2.46. The van der Waals surface area contributed by atoms with E-state index in [4.69, 9.17) is 16.3 Å².